The molecule has 0 amide bonds. The Bertz CT molecular complexity index is 398. The molecule has 18 heavy (non-hydrogen) atoms. The molecule has 0 aliphatic heterocycles. The Balaban J connectivity index is 2.75. The topological polar surface area (TPSA) is 75.7 Å². The summed E-state index contributed by atoms with van der Waals surface area (Å²) < 4.78 is 18.6. The maximum absolute atomic E-state index is 13.3. The van der Waals surface area contributed by atoms with Crippen LogP contribution < -0.4 is 10.5 Å². The van der Waals surface area contributed by atoms with Gasteiger partial charge in [0, 0.05) is 12.1 Å². The minimum atomic E-state index is -1.02. The third-order valence-electron chi connectivity index (χ3n) is 2.45. The van der Waals surface area contributed by atoms with Crippen molar-refractivity contribution in [1.29, 1.82) is 0 Å². The van der Waals surface area contributed by atoms with E-state index in [1.54, 1.807) is 12.1 Å². The Kier molecular flexibility index (Phi) is 5.77. The summed E-state index contributed by atoms with van der Waals surface area (Å²) in [5, 5.41) is 18.1. The number of nitrogens with two attached hydrogens (primary N) is 1. The van der Waals surface area contributed by atoms with E-state index in [1.807, 2.05) is 0 Å². The van der Waals surface area contributed by atoms with Crippen molar-refractivity contribution in [2.75, 3.05) is 13.2 Å². The van der Waals surface area contributed by atoms with Crippen LogP contribution in [-0.4, -0.2) is 35.6 Å². The first-order valence-electron chi connectivity index (χ1n) is 5.64. The van der Waals surface area contributed by atoms with Gasteiger partial charge < -0.3 is 20.7 Å². The van der Waals surface area contributed by atoms with Gasteiger partial charge in [0.25, 0.3) is 0 Å². The lowest BCUT2D eigenvalue weighted by Crippen LogP contribution is -2.38. The van der Waals surface area contributed by atoms with Crippen molar-refractivity contribution in [2.45, 2.75) is 18.6 Å². The van der Waals surface area contributed by atoms with Gasteiger partial charge in [-0.3, -0.25) is 0 Å². The fourth-order valence-electron chi connectivity index (χ4n) is 1.52. The normalized spacial score (nSPS) is 14.0. The van der Waals surface area contributed by atoms with Crippen molar-refractivity contribution in [2.24, 2.45) is 5.73 Å². The van der Waals surface area contributed by atoms with E-state index >= 15 is 0 Å². The van der Waals surface area contributed by atoms with Crippen molar-refractivity contribution >= 4 is 0 Å². The third-order valence-corrected chi connectivity index (χ3v) is 2.45. The molecule has 0 aliphatic rings. The van der Waals surface area contributed by atoms with Crippen LogP contribution in [0.15, 0.2) is 30.9 Å². The lowest BCUT2D eigenvalue weighted by Gasteiger charge is -2.17. The minimum Gasteiger partial charge on any atom is -0.489 e. The zero-order chi connectivity index (χ0) is 13.5. The van der Waals surface area contributed by atoms with Crippen LogP contribution in [-0.2, 0) is 6.42 Å². The second-order valence-corrected chi connectivity index (χ2v) is 4.01. The van der Waals surface area contributed by atoms with Crippen molar-refractivity contribution in [3.8, 4) is 5.75 Å². The van der Waals surface area contributed by atoms with Gasteiger partial charge >= 0.3 is 0 Å². The SMILES string of the molecule is C=CCOc1cc(F)cc(C[C@H](N)[C@H](O)CO)c1. The molecule has 0 aliphatic carbocycles. The molecule has 0 unspecified atom stereocenters. The van der Waals surface area contributed by atoms with Crippen LogP contribution in [0.1, 0.15) is 5.56 Å². The number of ether oxygens (including phenoxy) is 1. The number of aliphatic hydroxyl groups is 2. The van der Waals surface area contributed by atoms with E-state index in [0.717, 1.165) is 0 Å². The summed E-state index contributed by atoms with van der Waals surface area (Å²) in [5.74, 6) is -0.0483. The smallest absolute Gasteiger partial charge is 0.127 e. The molecule has 0 fully saturated rings. The average Bonchev–Trinajstić information content (AvgIpc) is 2.34. The Morgan fingerprint density at radius 1 is 1.44 bits per heavy atom. The number of rotatable bonds is 7. The fraction of sp³-hybridized carbons (Fsp3) is 0.385. The van der Waals surface area contributed by atoms with E-state index in [-0.39, 0.29) is 13.0 Å². The highest BCUT2D eigenvalue weighted by Crippen LogP contribution is 2.18. The van der Waals surface area contributed by atoms with E-state index in [4.69, 9.17) is 15.6 Å². The Hall–Kier alpha value is -1.43. The van der Waals surface area contributed by atoms with Gasteiger partial charge in [0.2, 0.25) is 0 Å². The minimum absolute atomic E-state index is 0.254. The van der Waals surface area contributed by atoms with Crippen molar-refractivity contribution in [3.05, 3.63) is 42.2 Å². The lowest BCUT2D eigenvalue weighted by atomic mass is 10.0. The quantitative estimate of drug-likeness (QED) is 0.624. The second-order valence-electron chi connectivity index (χ2n) is 4.01. The van der Waals surface area contributed by atoms with E-state index < -0.39 is 24.6 Å². The molecular formula is C13H18FNO3. The molecule has 1 aromatic carbocycles. The molecule has 0 saturated heterocycles. The molecule has 100 valence electrons. The molecule has 0 bridgehead atoms. The number of benzene rings is 1. The van der Waals surface area contributed by atoms with Crippen molar-refractivity contribution in [1.82, 2.24) is 0 Å². The number of hydrogen-bond donors (Lipinski definition) is 3. The summed E-state index contributed by atoms with van der Waals surface area (Å²) in [6.07, 6.45) is 0.793. The van der Waals surface area contributed by atoms with E-state index in [2.05, 4.69) is 6.58 Å². The highest BCUT2D eigenvalue weighted by Gasteiger charge is 2.15. The Morgan fingerprint density at radius 3 is 2.78 bits per heavy atom. The maximum Gasteiger partial charge on any atom is 0.127 e. The first-order chi connectivity index (χ1) is 8.56. The predicted octanol–water partition coefficient (Wildman–Crippen LogP) is 0.613. The fourth-order valence-corrected chi connectivity index (χ4v) is 1.52. The van der Waals surface area contributed by atoms with Gasteiger partial charge in [0.15, 0.2) is 0 Å². The standard InChI is InChI=1S/C13H18FNO3/c1-2-3-18-11-5-9(4-10(14)7-11)6-12(15)13(17)8-16/h2,4-5,7,12-13,16-17H,1,3,6,8,15H2/t12-,13+/m0/s1. The zero-order valence-corrected chi connectivity index (χ0v) is 10.1. The van der Waals surface area contributed by atoms with Gasteiger partial charge in [-0.25, -0.2) is 4.39 Å². The van der Waals surface area contributed by atoms with Crippen LogP contribution >= 0.6 is 0 Å². The van der Waals surface area contributed by atoms with Crippen LogP contribution in [0.2, 0.25) is 0 Å². The summed E-state index contributed by atoms with van der Waals surface area (Å²) in [6.45, 7) is 3.37. The Labute approximate surface area is 106 Å². The number of halogens is 1. The molecule has 0 radical (unpaired) electrons. The van der Waals surface area contributed by atoms with Gasteiger partial charge in [0.1, 0.15) is 18.2 Å². The van der Waals surface area contributed by atoms with Crippen LogP contribution in [0.4, 0.5) is 4.39 Å². The van der Waals surface area contributed by atoms with E-state index in [9.17, 15) is 9.50 Å². The van der Waals surface area contributed by atoms with Gasteiger partial charge in [-0.05, 0) is 24.1 Å². The maximum atomic E-state index is 13.3. The van der Waals surface area contributed by atoms with Gasteiger partial charge in [0.05, 0.1) is 12.7 Å². The molecule has 2 atom stereocenters. The van der Waals surface area contributed by atoms with Crippen LogP contribution in [0.3, 0.4) is 0 Å². The molecule has 4 N–H and O–H groups in total. The zero-order valence-electron chi connectivity index (χ0n) is 10.1. The van der Waals surface area contributed by atoms with Crippen LogP contribution in [0.25, 0.3) is 0 Å². The summed E-state index contributed by atoms with van der Waals surface area (Å²) in [7, 11) is 0. The average molecular weight is 255 g/mol. The highest BCUT2D eigenvalue weighted by atomic mass is 19.1. The van der Waals surface area contributed by atoms with Crippen molar-refractivity contribution in [3.63, 3.8) is 0 Å². The predicted molar refractivity (Wildman–Crippen MR) is 66.9 cm³/mol. The summed E-state index contributed by atoms with van der Waals surface area (Å²) in [6, 6.07) is 3.59. The van der Waals surface area contributed by atoms with Crippen LogP contribution in [0.5, 0.6) is 5.75 Å². The van der Waals surface area contributed by atoms with E-state index in [1.165, 1.54) is 12.1 Å². The molecule has 5 heteroatoms. The van der Waals surface area contributed by atoms with Crippen molar-refractivity contribution < 1.29 is 19.3 Å². The lowest BCUT2D eigenvalue weighted by molar-refractivity contribution is 0.0742. The Morgan fingerprint density at radius 2 is 2.17 bits per heavy atom. The summed E-state index contributed by atoms with van der Waals surface area (Å²) in [5.41, 5.74) is 6.28. The van der Waals surface area contributed by atoms with Gasteiger partial charge in [-0.1, -0.05) is 12.7 Å². The largest absolute Gasteiger partial charge is 0.489 e. The summed E-state index contributed by atoms with van der Waals surface area (Å²) >= 11 is 0. The molecule has 0 heterocycles. The molecule has 0 saturated carbocycles. The monoisotopic (exact) mass is 255 g/mol. The van der Waals surface area contributed by atoms with E-state index in [0.29, 0.717) is 11.3 Å². The second kappa shape index (κ2) is 7.10. The van der Waals surface area contributed by atoms with Gasteiger partial charge in [-0.15, -0.1) is 0 Å². The molecule has 0 aromatic heterocycles. The molecule has 0 spiro atoms. The molecule has 1 aromatic rings. The van der Waals surface area contributed by atoms with Crippen LogP contribution in [0, 0.1) is 5.82 Å². The summed E-state index contributed by atoms with van der Waals surface area (Å²) in [4.78, 5) is 0. The highest BCUT2D eigenvalue weighted by molar-refractivity contribution is 5.30. The van der Waals surface area contributed by atoms with Gasteiger partial charge in [-0.2, -0.15) is 0 Å². The molecule has 4 nitrogen and oxygen atoms in total. The molecule has 1 rings (SSSR count). The first kappa shape index (κ1) is 14.6. The first-order valence-corrected chi connectivity index (χ1v) is 5.64. The third kappa shape index (κ3) is 4.44. The molecular weight excluding hydrogens is 237 g/mol. The number of hydrogen-bond acceptors (Lipinski definition) is 4. The number of aliphatic hydroxyl groups excluding tert-OH is 2.